The van der Waals surface area contributed by atoms with E-state index in [0.29, 0.717) is 5.75 Å². The van der Waals surface area contributed by atoms with E-state index in [1.165, 1.54) is 11.0 Å². The molecule has 2 aliphatic heterocycles. The first kappa shape index (κ1) is 15.1. The van der Waals surface area contributed by atoms with E-state index in [1.807, 2.05) is 25.3 Å². The fourth-order valence-electron chi connectivity index (χ4n) is 3.24. The summed E-state index contributed by atoms with van der Waals surface area (Å²) in [4.78, 5) is 14.0. The molecule has 24 heavy (non-hydrogen) atoms. The van der Waals surface area contributed by atoms with Crippen molar-refractivity contribution in [1.82, 2.24) is 0 Å². The van der Waals surface area contributed by atoms with E-state index < -0.39 is 5.06 Å². The standard InChI is InChI=1S/C18H16N2O3S/c1-3-13-10-12-11-14(20(21)22)8-9-16(12)23-18(13)19(2)15-6-4-5-7-17(15)24-18/h4-11H,3H2,1-2H3. The average Bonchev–Trinajstić information content (AvgIpc) is 2.87. The molecule has 2 aliphatic rings. The number of nitro groups is 1. The number of likely N-dealkylation sites (N-methyl/N-ethyl adjacent to an activating group) is 1. The fourth-order valence-corrected chi connectivity index (χ4v) is 4.70. The van der Waals surface area contributed by atoms with Crippen LogP contribution in [0.25, 0.3) is 6.08 Å². The SMILES string of the molecule is CCC1=Cc2cc([N+](=O)[O-])ccc2OC12Sc1ccccc1N2C. The Balaban J connectivity index is 1.83. The third kappa shape index (κ3) is 2.03. The largest absolute Gasteiger partial charge is 0.454 e. The van der Waals surface area contributed by atoms with Crippen LogP contribution in [0.4, 0.5) is 11.4 Å². The molecule has 4 rings (SSSR count). The van der Waals surface area contributed by atoms with Crippen LogP contribution >= 0.6 is 11.8 Å². The van der Waals surface area contributed by atoms with Gasteiger partial charge in [-0.05, 0) is 42.5 Å². The van der Waals surface area contributed by atoms with Crippen LogP contribution in [-0.2, 0) is 0 Å². The van der Waals surface area contributed by atoms with Crippen molar-refractivity contribution < 1.29 is 9.66 Å². The molecule has 2 aromatic carbocycles. The summed E-state index contributed by atoms with van der Waals surface area (Å²) < 4.78 is 6.41. The number of nitro benzene ring substituents is 1. The number of para-hydroxylation sites is 1. The van der Waals surface area contributed by atoms with Crippen LogP contribution in [0, 0.1) is 10.1 Å². The maximum absolute atomic E-state index is 11.0. The minimum absolute atomic E-state index is 0.0794. The van der Waals surface area contributed by atoms with Gasteiger partial charge in [0.05, 0.1) is 10.6 Å². The fraction of sp³-hybridized carbons (Fsp3) is 0.222. The zero-order valence-corrected chi connectivity index (χ0v) is 14.2. The predicted molar refractivity (Wildman–Crippen MR) is 95.4 cm³/mol. The van der Waals surface area contributed by atoms with E-state index in [0.717, 1.165) is 23.2 Å². The smallest absolute Gasteiger partial charge is 0.270 e. The van der Waals surface area contributed by atoms with Crippen molar-refractivity contribution in [3.8, 4) is 5.75 Å². The minimum Gasteiger partial charge on any atom is -0.454 e. The van der Waals surface area contributed by atoms with E-state index in [1.54, 1.807) is 23.9 Å². The molecular formula is C18H16N2O3S. The maximum atomic E-state index is 11.0. The molecule has 2 aromatic rings. The molecule has 0 bridgehead atoms. The van der Waals surface area contributed by atoms with Crippen LogP contribution in [0.1, 0.15) is 18.9 Å². The number of ether oxygens (including phenoxy) is 1. The molecule has 1 unspecified atom stereocenters. The van der Waals surface area contributed by atoms with Gasteiger partial charge in [0.25, 0.3) is 10.7 Å². The lowest BCUT2D eigenvalue weighted by atomic mass is 10.0. The monoisotopic (exact) mass is 340 g/mol. The summed E-state index contributed by atoms with van der Waals surface area (Å²) in [5, 5.41) is 10.4. The van der Waals surface area contributed by atoms with Crippen LogP contribution in [-0.4, -0.2) is 17.0 Å². The molecule has 1 atom stereocenters. The number of hydrogen-bond donors (Lipinski definition) is 0. The third-order valence-electron chi connectivity index (χ3n) is 4.49. The van der Waals surface area contributed by atoms with Crippen molar-refractivity contribution in [2.75, 3.05) is 11.9 Å². The van der Waals surface area contributed by atoms with Crippen molar-refractivity contribution in [3.63, 3.8) is 0 Å². The number of benzene rings is 2. The van der Waals surface area contributed by atoms with Crippen molar-refractivity contribution in [2.45, 2.75) is 23.3 Å². The molecule has 2 heterocycles. The van der Waals surface area contributed by atoms with Gasteiger partial charge >= 0.3 is 0 Å². The predicted octanol–water partition coefficient (Wildman–Crippen LogP) is 4.68. The highest BCUT2D eigenvalue weighted by Gasteiger charge is 2.49. The Labute approximate surface area is 144 Å². The molecule has 0 saturated heterocycles. The second-order valence-electron chi connectivity index (χ2n) is 5.82. The van der Waals surface area contributed by atoms with E-state index in [2.05, 4.69) is 24.0 Å². The Hall–Kier alpha value is -2.47. The second-order valence-corrected chi connectivity index (χ2v) is 7.01. The topological polar surface area (TPSA) is 55.6 Å². The van der Waals surface area contributed by atoms with Gasteiger partial charge in [-0.3, -0.25) is 10.1 Å². The van der Waals surface area contributed by atoms with Gasteiger partial charge < -0.3 is 9.64 Å². The summed E-state index contributed by atoms with van der Waals surface area (Å²) in [6.07, 6.45) is 2.83. The van der Waals surface area contributed by atoms with Crippen molar-refractivity contribution >= 4 is 29.2 Å². The lowest BCUT2D eigenvalue weighted by molar-refractivity contribution is -0.384. The van der Waals surface area contributed by atoms with E-state index >= 15 is 0 Å². The molecule has 0 fully saturated rings. The zero-order valence-electron chi connectivity index (χ0n) is 13.4. The normalized spacial score (nSPS) is 21.1. The molecular weight excluding hydrogens is 324 g/mol. The summed E-state index contributed by atoms with van der Waals surface area (Å²) >= 11 is 1.68. The van der Waals surface area contributed by atoms with E-state index in [4.69, 9.17) is 4.74 Å². The molecule has 0 amide bonds. The van der Waals surface area contributed by atoms with Crippen LogP contribution in [0.5, 0.6) is 5.75 Å². The van der Waals surface area contributed by atoms with Crippen LogP contribution < -0.4 is 9.64 Å². The Bertz CT molecular complexity index is 880. The van der Waals surface area contributed by atoms with Gasteiger partial charge in [0, 0.05) is 35.2 Å². The number of nitrogens with zero attached hydrogens (tertiary/aromatic N) is 2. The number of rotatable bonds is 2. The Morgan fingerprint density at radius 1 is 1.29 bits per heavy atom. The van der Waals surface area contributed by atoms with Gasteiger partial charge in [0.2, 0.25) is 0 Å². The lowest BCUT2D eigenvalue weighted by Gasteiger charge is -2.41. The van der Waals surface area contributed by atoms with Crippen molar-refractivity contribution in [3.05, 3.63) is 63.7 Å². The Morgan fingerprint density at radius 2 is 2.08 bits per heavy atom. The maximum Gasteiger partial charge on any atom is 0.270 e. The number of fused-ring (bicyclic) bond motifs is 2. The quantitative estimate of drug-likeness (QED) is 0.587. The molecule has 6 heteroatoms. The number of non-ortho nitro benzene ring substituents is 1. The highest BCUT2D eigenvalue weighted by molar-refractivity contribution is 8.01. The molecule has 122 valence electrons. The highest BCUT2D eigenvalue weighted by Crippen LogP contribution is 2.56. The third-order valence-corrected chi connectivity index (χ3v) is 5.95. The van der Waals surface area contributed by atoms with Gasteiger partial charge in [0.15, 0.2) is 0 Å². The van der Waals surface area contributed by atoms with Crippen LogP contribution in [0.3, 0.4) is 0 Å². The number of anilines is 1. The van der Waals surface area contributed by atoms with Crippen LogP contribution in [0.2, 0.25) is 0 Å². The van der Waals surface area contributed by atoms with E-state index in [-0.39, 0.29) is 10.6 Å². The second kappa shape index (κ2) is 5.27. The van der Waals surface area contributed by atoms with Crippen molar-refractivity contribution in [2.24, 2.45) is 0 Å². The first-order chi connectivity index (χ1) is 11.5. The first-order valence-corrected chi connectivity index (χ1v) is 8.57. The summed E-state index contributed by atoms with van der Waals surface area (Å²) in [6, 6.07) is 13.0. The minimum atomic E-state index is -0.623. The summed E-state index contributed by atoms with van der Waals surface area (Å²) in [5.41, 5.74) is 3.07. The van der Waals surface area contributed by atoms with E-state index in [9.17, 15) is 10.1 Å². The first-order valence-electron chi connectivity index (χ1n) is 7.75. The highest BCUT2D eigenvalue weighted by atomic mass is 32.2. The van der Waals surface area contributed by atoms with Gasteiger partial charge in [-0.25, -0.2) is 0 Å². The number of thioether (sulfide) groups is 1. The molecule has 0 radical (unpaired) electrons. The summed E-state index contributed by atoms with van der Waals surface area (Å²) in [5.74, 6) is 0.671. The summed E-state index contributed by atoms with van der Waals surface area (Å²) in [6.45, 7) is 2.08. The molecule has 5 nitrogen and oxygen atoms in total. The summed E-state index contributed by atoms with van der Waals surface area (Å²) in [7, 11) is 2.03. The Kier molecular flexibility index (Phi) is 3.31. The molecule has 0 aromatic heterocycles. The molecule has 0 N–H and O–H groups in total. The van der Waals surface area contributed by atoms with Crippen LogP contribution in [0.15, 0.2) is 52.9 Å². The zero-order chi connectivity index (χ0) is 16.9. The van der Waals surface area contributed by atoms with Gasteiger partial charge in [-0.15, -0.1) is 0 Å². The molecule has 0 aliphatic carbocycles. The van der Waals surface area contributed by atoms with Gasteiger partial charge in [0.1, 0.15) is 5.75 Å². The molecule has 1 spiro atoms. The molecule has 0 saturated carbocycles. The lowest BCUT2D eigenvalue weighted by Crippen LogP contribution is -2.48. The average molecular weight is 340 g/mol. The van der Waals surface area contributed by atoms with Crippen molar-refractivity contribution in [1.29, 1.82) is 0 Å². The Morgan fingerprint density at radius 3 is 2.79 bits per heavy atom. The van der Waals surface area contributed by atoms with Gasteiger partial charge in [-0.1, -0.05) is 19.1 Å². The number of hydrogen-bond acceptors (Lipinski definition) is 5. The van der Waals surface area contributed by atoms with Gasteiger partial charge in [-0.2, -0.15) is 0 Å².